The lowest BCUT2D eigenvalue weighted by Gasteiger charge is -2.44. The smallest absolute Gasteiger partial charge is 0.303 e. The van der Waals surface area contributed by atoms with Gasteiger partial charge in [-0.2, -0.15) is 0 Å². The van der Waals surface area contributed by atoms with E-state index in [0.717, 1.165) is 50.2 Å². The highest BCUT2D eigenvalue weighted by Gasteiger charge is 2.36. The lowest BCUT2D eigenvalue weighted by atomic mass is 9.93. The van der Waals surface area contributed by atoms with Gasteiger partial charge in [0, 0.05) is 13.0 Å². The zero-order valence-corrected chi connectivity index (χ0v) is 13.9. The molecule has 1 aliphatic heterocycles. The van der Waals surface area contributed by atoms with Gasteiger partial charge >= 0.3 is 5.97 Å². The minimum Gasteiger partial charge on any atom is -0.483 e. The summed E-state index contributed by atoms with van der Waals surface area (Å²) in [4.78, 5) is 13.0. The SMILES string of the molecule is CCC1(CC)CN(CCCCC(=O)O)c2cc(C)ccc2O1. The topological polar surface area (TPSA) is 49.8 Å². The van der Waals surface area contributed by atoms with Crippen LogP contribution in [-0.4, -0.2) is 29.8 Å². The van der Waals surface area contributed by atoms with Crippen molar-refractivity contribution in [2.45, 2.75) is 58.5 Å². The molecule has 0 aliphatic carbocycles. The van der Waals surface area contributed by atoms with E-state index in [4.69, 9.17) is 9.84 Å². The van der Waals surface area contributed by atoms with Crippen LogP contribution < -0.4 is 9.64 Å². The van der Waals surface area contributed by atoms with Crippen molar-refractivity contribution in [2.24, 2.45) is 0 Å². The Labute approximate surface area is 133 Å². The van der Waals surface area contributed by atoms with Crippen molar-refractivity contribution in [3.05, 3.63) is 23.8 Å². The van der Waals surface area contributed by atoms with Gasteiger partial charge in [0.25, 0.3) is 0 Å². The Morgan fingerprint density at radius 2 is 2.05 bits per heavy atom. The first kappa shape index (κ1) is 16.7. The van der Waals surface area contributed by atoms with E-state index in [0.29, 0.717) is 0 Å². The largest absolute Gasteiger partial charge is 0.483 e. The number of hydrogen-bond acceptors (Lipinski definition) is 3. The number of aryl methyl sites for hydroxylation is 1. The number of fused-ring (bicyclic) bond motifs is 1. The lowest BCUT2D eigenvalue weighted by Crippen LogP contribution is -2.50. The minimum absolute atomic E-state index is 0.130. The molecule has 1 aromatic carbocycles. The van der Waals surface area contributed by atoms with Crippen LogP contribution in [0.1, 0.15) is 51.5 Å². The number of ether oxygens (including phenoxy) is 1. The van der Waals surface area contributed by atoms with Crippen molar-refractivity contribution >= 4 is 11.7 Å². The van der Waals surface area contributed by atoms with Gasteiger partial charge in [0.2, 0.25) is 0 Å². The second-order valence-corrected chi connectivity index (χ2v) is 6.24. The lowest BCUT2D eigenvalue weighted by molar-refractivity contribution is -0.137. The monoisotopic (exact) mass is 305 g/mol. The first-order valence-electron chi connectivity index (χ1n) is 8.26. The molecule has 0 bridgehead atoms. The Kier molecular flexibility index (Phi) is 5.33. The molecule has 0 aromatic heterocycles. The van der Waals surface area contributed by atoms with E-state index in [1.54, 1.807) is 0 Å². The number of carboxylic acid groups (broad SMARTS) is 1. The molecule has 2 rings (SSSR count). The van der Waals surface area contributed by atoms with Gasteiger partial charge in [0.05, 0.1) is 12.2 Å². The van der Waals surface area contributed by atoms with E-state index >= 15 is 0 Å². The number of carbonyl (C=O) groups is 1. The Morgan fingerprint density at radius 3 is 2.68 bits per heavy atom. The molecular formula is C18H27NO3. The van der Waals surface area contributed by atoms with E-state index in [1.165, 1.54) is 5.56 Å². The van der Waals surface area contributed by atoms with Gasteiger partial charge in [-0.1, -0.05) is 19.9 Å². The van der Waals surface area contributed by atoms with Gasteiger partial charge in [-0.15, -0.1) is 0 Å². The summed E-state index contributed by atoms with van der Waals surface area (Å²) in [6.07, 6.45) is 3.81. The van der Waals surface area contributed by atoms with Crippen LogP contribution in [0.4, 0.5) is 5.69 Å². The maximum absolute atomic E-state index is 10.7. The summed E-state index contributed by atoms with van der Waals surface area (Å²) >= 11 is 0. The van der Waals surface area contributed by atoms with Crippen LogP contribution in [0.2, 0.25) is 0 Å². The Hall–Kier alpha value is -1.71. The molecule has 1 heterocycles. The highest BCUT2D eigenvalue weighted by Crippen LogP contribution is 2.40. The Balaban J connectivity index is 2.15. The summed E-state index contributed by atoms with van der Waals surface area (Å²) in [6, 6.07) is 6.32. The number of rotatable bonds is 7. The highest BCUT2D eigenvalue weighted by molar-refractivity contribution is 5.66. The molecule has 0 saturated heterocycles. The van der Waals surface area contributed by atoms with Gasteiger partial charge in [0.15, 0.2) is 0 Å². The molecule has 0 spiro atoms. The highest BCUT2D eigenvalue weighted by atomic mass is 16.5. The van der Waals surface area contributed by atoms with Gasteiger partial charge in [-0.05, 0) is 50.3 Å². The molecular weight excluding hydrogens is 278 g/mol. The molecule has 0 fully saturated rings. The molecule has 0 atom stereocenters. The van der Waals surface area contributed by atoms with Crippen LogP contribution in [0, 0.1) is 6.92 Å². The molecule has 0 radical (unpaired) electrons. The maximum Gasteiger partial charge on any atom is 0.303 e. The average Bonchev–Trinajstić information content (AvgIpc) is 2.51. The predicted octanol–water partition coefficient (Wildman–Crippen LogP) is 4.01. The van der Waals surface area contributed by atoms with E-state index in [9.17, 15) is 4.79 Å². The number of hydrogen-bond donors (Lipinski definition) is 1. The van der Waals surface area contributed by atoms with E-state index in [1.807, 2.05) is 0 Å². The quantitative estimate of drug-likeness (QED) is 0.773. The van der Waals surface area contributed by atoms with Gasteiger partial charge < -0.3 is 14.7 Å². The summed E-state index contributed by atoms with van der Waals surface area (Å²) < 4.78 is 6.31. The molecule has 0 saturated carbocycles. The predicted molar refractivity (Wildman–Crippen MR) is 88.8 cm³/mol. The van der Waals surface area contributed by atoms with Crippen LogP contribution in [0.15, 0.2) is 18.2 Å². The number of carboxylic acids is 1. The van der Waals surface area contributed by atoms with Gasteiger partial charge in [-0.3, -0.25) is 4.79 Å². The third-order valence-corrected chi connectivity index (χ3v) is 4.62. The van der Waals surface area contributed by atoms with Gasteiger partial charge in [-0.25, -0.2) is 0 Å². The summed E-state index contributed by atoms with van der Waals surface area (Å²) in [5.41, 5.74) is 2.24. The van der Waals surface area contributed by atoms with Crippen molar-refractivity contribution < 1.29 is 14.6 Å². The number of unbranched alkanes of at least 4 members (excludes halogenated alkanes) is 1. The van der Waals surface area contributed by atoms with Crippen molar-refractivity contribution in [3.63, 3.8) is 0 Å². The Morgan fingerprint density at radius 1 is 1.32 bits per heavy atom. The maximum atomic E-state index is 10.7. The molecule has 4 heteroatoms. The normalized spacial score (nSPS) is 16.0. The molecule has 1 aromatic rings. The zero-order valence-electron chi connectivity index (χ0n) is 13.9. The van der Waals surface area contributed by atoms with E-state index in [2.05, 4.69) is 43.9 Å². The fourth-order valence-corrected chi connectivity index (χ4v) is 3.06. The molecule has 1 aliphatic rings. The van der Waals surface area contributed by atoms with Crippen LogP contribution >= 0.6 is 0 Å². The van der Waals surface area contributed by atoms with Gasteiger partial charge in [0.1, 0.15) is 11.4 Å². The number of aliphatic carboxylic acids is 1. The standard InChI is InChI=1S/C18H27NO3/c1-4-18(5-2)13-19(11-7-6-8-17(20)21)15-12-14(3)9-10-16(15)22-18/h9-10,12H,4-8,11,13H2,1-3H3,(H,20,21). The summed E-state index contributed by atoms with van der Waals surface area (Å²) in [5, 5.41) is 8.77. The average molecular weight is 305 g/mol. The summed E-state index contributed by atoms with van der Waals surface area (Å²) in [5.74, 6) is 0.244. The first-order valence-corrected chi connectivity index (χ1v) is 8.26. The van der Waals surface area contributed by atoms with Crippen LogP contribution in [0.25, 0.3) is 0 Å². The second-order valence-electron chi connectivity index (χ2n) is 6.24. The molecule has 0 unspecified atom stereocenters. The van der Waals surface area contributed by atoms with E-state index in [-0.39, 0.29) is 12.0 Å². The minimum atomic E-state index is -0.713. The van der Waals surface area contributed by atoms with Crippen molar-refractivity contribution in [1.82, 2.24) is 0 Å². The van der Waals surface area contributed by atoms with Crippen LogP contribution in [0.5, 0.6) is 5.75 Å². The third-order valence-electron chi connectivity index (χ3n) is 4.62. The Bertz CT molecular complexity index is 523. The van der Waals surface area contributed by atoms with Crippen molar-refractivity contribution in [1.29, 1.82) is 0 Å². The van der Waals surface area contributed by atoms with E-state index < -0.39 is 5.97 Å². The first-order chi connectivity index (χ1) is 10.5. The molecule has 122 valence electrons. The third kappa shape index (κ3) is 3.73. The van der Waals surface area contributed by atoms with Crippen molar-refractivity contribution in [3.8, 4) is 5.75 Å². The van der Waals surface area contributed by atoms with Crippen molar-refractivity contribution in [2.75, 3.05) is 18.0 Å². The second kappa shape index (κ2) is 7.03. The fraction of sp³-hybridized carbons (Fsp3) is 0.611. The zero-order chi connectivity index (χ0) is 16.2. The van der Waals surface area contributed by atoms with Crippen LogP contribution in [0.3, 0.4) is 0 Å². The van der Waals surface area contributed by atoms with Crippen LogP contribution in [-0.2, 0) is 4.79 Å². The summed E-state index contributed by atoms with van der Waals surface area (Å²) in [6.45, 7) is 8.19. The fourth-order valence-electron chi connectivity index (χ4n) is 3.06. The summed E-state index contributed by atoms with van der Waals surface area (Å²) in [7, 11) is 0. The number of anilines is 1. The molecule has 22 heavy (non-hydrogen) atoms. The molecule has 0 amide bonds. The number of nitrogens with zero attached hydrogens (tertiary/aromatic N) is 1. The number of benzene rings is 1. The molecule has 1 N–H and O–H groups in total. The molecule has 4 nitrogen and oxygen atoms in total.